The molecule has 88 valence electrons. The van der Waals surface area contributed by atoms with E-state index >= 15 is 0 Å². The van der Waals surface area contributed by atoms with Crippen LogP contribution in [0.1, 0.15) is 24.5 Å². The molecule has 0 saturated carbocycles. The third kappa shape index (κ3) is 1.65. The minimum absolute atomic E-state index is 0.356. The van der Waals surface area contributed by atoms with Crippen LogP contribution >= 0.6 is 0 Å². The Morgan fingerprint density at radius 3 is 2.44 bits per heavy atom. The SMILES string of the molecule is CCC1(CN)COc2c(C)ccc(C)c2O1. The minimum Gasteiger partial charge on any atom is -0.485 e. The summed E-state index contributed by atoms with van der Waals surface area (Å²) in [5.41, 5.74) is 7.65. The average molecular weight is 221 g/mol. The highest BCUT2D eigenvalue weighted by Gasteiger charge is 2.36. The molecular weight excluding hydrogens is 202 g/mol. The number of hydrogen-bond donors (Lipinski definition) is 1. The number of aryl methyl sites for hydroxylation is 2. The average Bonchev–Trinajstić information content (AvgIpc) is 2.33. The fourth-order valence-electron chi connectivity index (χ4n) is 1.93. The summed E-state index contributed by atoms with van der Waals surface area (Å²) in [7, 11) is 0. The molecule has 3 nitrogen and oxygen atoms in total. The molecule has 3 heteroatoms. The third-order valence-electron chi connectivity index (χ3n) is 3.32. The summed E-state index contributed by atoms with van der Waals surface area (Å²) in [4.78, 5) is 0. The Labute approximate surface area is 96.5 Å². The second-order valence-corrected chi connectivity index (χ2v) is 4.49. The van der Waals surface area contributed by atoms with E-state index in [1.54, 1.807) is 0 Å². The predicted molar refractivity (Wildman–Crippen MR) is 64.1 cm³/mol. The first-order valence-corrected chi connectivity index (χ1v) is 5.74. The first-order valence-electron chi connectivity index (χ1n) is 5.74. The number of rotatable bonds is 2. The van der Waals surface area contributed by atoms with E-state index in [0.29, 0.717) is 13.2 Å². The molecule has 0 aromatic heterocycles. The lowest BCUT2D eigenvalue weighted by Gasteiger charge is -2.38. The molecule has 0 saturated heterocycles. The Hall–Kier alpha value is -1.22. The van der Waals surface area contributed by atoms with Gasteiger partial charge in [0, 0.05) is 6.54 Å². The molecule has 1 aromatic carbocycles. The summed E-state index contributed by atoms with van der Waals surface area (Å²) in [6, 6.07) is 4.11. The molecule has 1 aliphatic rings. The van der Waals surface area contributed by atoms with Gasteiger partial charge < -0.3 is 15.2 Å². The van der Waals surface area contributed by atoms with Crippen molar-refractivity contribution in [3.63, 3.8) is 0 Å². The minimum atomic E-state index is -0.356. The van der Waals surface area contributed by atoms with Crippen molar-refractivity contribution in [1.82, 2.24) is 0 Å². The topological polar surface area (TPSA) is 44.5 Å². The Morgan fingerprint density at radius 1 is 1.25 bits per heavy atom. The van der Waals surface area contributed by atoms with E-state index in [4.69, 9.17) is 15.2 Å². The highest BCUT2D eigenvalue weighted by Crippen LogP contribution is 2.41. The van der Waals surface area contributed by atoms with Crippen molar-refractivity contribution in [2.75, 3.05) is 13.2 Å². The molecule has 0 radical (unpaired) electrons. The molecule has 1 aliphatic heterocycles. The van der Waals surface area contributed by atoms with Gasteiger partial charge >= 0.3 is 0 Å². The molecule has 1 heterocycles. The Kier molecular flexibility index (Phi) is 2.80. The van der Waals surface area contributed by atoms with Crippen LogP contribution in [0.4, 0.5) is 0 Å². The van der Waals surface area contributed by atoms with Gasteiger partial charge in [0.1, 0.15) is 6.61 Å². The number of ether oxygens (including phenoxy) is 2. The van der Waals surface area contributed by atoms with Crippen LogP contribution < -0.4 is 15.2 Å². The largest absolute Gasteiger partial charge is 0.485 e. The van der Waals surface area contributed by atoms with Crippen LogP contribution in [-0.2, 0) is 0 Å². The van der Waals surface area contributed by atoms with Crippen LogP contribution in [0.3, 0.4) is 0 Å². The Morgan fingerprint density at radius 2 is 1.88 bits per heavy atom. The van der Waals surface area contributed by atoms with Gasteiger partial charge in [0.2, 0.25) is 0 Å². The van der Waals surface area contributed by atoms with E-state index in [1.165, 1.54) is 0 Å². The zero-order valence-corrected chi connectivity index (χ0v) is 10.2. The van der Waals surface area contributed by atoms with Crippen molar-refractivity contribution in [2.45, 2.75) is 32.8 Å². The van der Waals surface area contributed by atoms with Gasteiger partial charge in [-0.1, -0.05) is 19.1 Å². The summed E-state index contributed by atoms with van der Waals surface area (Å²) in [5, 5.41) is 0. The second-order valence-electron chi connectivity index (χ2n) is 4.49. The molecule has 0 spiro atoms. The van der Waals surface area contributed by atoms with E-state index in [2.05, 4.69) is 19.1 Å². The van der Waals surface area contributed by atoms with Crippen LogP contribution in [0.25, 0.3) is 0 Å². The lowest BCUT2D eigenvalue weighted by molar-refractivity contribution is -0.00549. The number of nitrogens with two attached hydrogens (primary N) is 1. The Balaban J connectivity index is 2.43. The standard InChI is InChI=1S/C13H19NO2/c1-4-13(7-14)8-15-11-9(2)5-6-10(3)12(11)16-13/h5-6H,4,7-8,14H2,1-3H3. The number of fused-ring (bicyclic) bond motifs is 1. The van der Waals surface area contributed by atoms with Crippen LogP contribution in [0.15, 0.2) is 12.1 Å². The maximum Gasteiger partial charge on any atom is 0.165 e. The fourth-order valence-corrected chi connectivity index (χ4v) is 1.93. The normalized spacial score (nSPS) is 23.2. The van der Waals surface area contributed by atoms with E-state index < -0.39 is 0 Å². The van der Waals surface area contributed by atoms with Crippen molar-refractivity contribution in [3.05, 3.63) is 23.3 Å². The summed E-state index contributed by atoms with van der Waals surface area (Å²) in [6.07, 6.45) is 0.857. The van der Waals surface area contributed by atoms with Gasteiger partial charge in [0.05, 0.1) is 0 Å². The van der Waals surface area contributed by atoms with Gasteiger partial charge in [-0.25, -0.2) is 0 Å². The van der Waals surface area contributed by atoms with Crippen molar-refractivity contribution < 1.29 is 9.47 Å². The van der Waals surface area contributed by atoms with Crippen molar-refractivity contribution in [1.29, 1.82) is 0 Å². The maximum atomic E-state index is 6.08. The molecule has 0 aliphatic carbocycles. The van der Waals surface area contributed by atoms with Gasteiger partial charge in [-0.05, 0) is 31.4 Å². The summed E-state index contributed by atoms with van der Waals surface area (Å²) in [5.74, 6) is 1.73. The zero-order valence-electron chi connectivity index (χ0n) is 10.2. The van der Waals surface area contributed by atoms with Crippen molar-refractivity contribution in [2.24, 2.45) is 5.73 Å². The molecule has 16 heavy (non-hydrogen) atoms. The van der Waals surface area contributed by atoms with E-state index in [9.17, 15) is 0 Å². The predicted octanol–water partition coefficient (Wildman–Crippen LogP) is 2.18. The summed E-state index contributed by atoms with van der Waals surface area (Å²) >= 11 is 0. The molecule has 1 atom stereocenters. The monoisotopic (exact) mass is 221 g/mol. The molecule has 1 aromatic rings. The quantitative estimate of drug-likeness (QED) is 0.832. The molecule has 0 fully saturated rings. The summed E-state index contributed by atoms with van der Waals surface area (Å²) in [6.45, 7) is 7.16. The smallest absolute Gasteiger partial charge is 0.165 e. The first-order chi connectivity index (χ1) is 7.62. The number of benzene rings is 1. The fraction of sp³-hybridized carbons (Fsp3) is 0.538. The lowest BCUT2D eigenvalue weighted by atomic mass is 9.99. The highest BCUT2D eigenvalue weighted by atomic mass is 16.6. The molecule has 1 unspecified atom stereocenters. The van der Waals surface area contributed by atoms with Crippen molar-refractivity contribution >= 4 is 0 Å². The van der Waals surface area contributed by atoms with Crippen LogP contribution in [0.5, 0.6) is 11.5 Å². The molecule has 0 amide bonds. The van der Waals surface area contributed by atoms with Crippen LogP contribution in [0.2, 0.25) is 0 Å². The van der Waals surface area contributed by atoms with Gasteiger partial charge in [-0.2, -0.15) is 0 Å². The maximum absolute atomic E-state index is 6.08. The van der Waals surface area contributed by atoms with Gasteiger partial charge in [-0.3, -0.25) is 0 Å². The zero-order chi connectivity index (χ0) is 11.8. The van der Waals surface area contributed by atoms with Crippen LogP contribution in [0, 0.1) is 13.8 Å². The molecule has 2 rings (SSSR count). The van der Waals surface area contributed by atoms with Gasteiger partial charge in [0.15, 0.2) is 17.1 Å². The van der Waals surface area contributed by atoms with Crippen LogP contribution in [-0.4, -0.2) is 18.8 Å². The van der Waals surface area contributed by atoms with Gasteiger partial charge in [0.25, 0.3) is 0 Å². The van der Waals surface area contributed by atoms with E-state index in [1.807, 2.05) is 13.8 Å². The molecule has 0 bridgehead atoms. The molecular formula is C13H19NO2. The highest BCUT2D eigenvalue weighted by molar-refractivity contribution is 5.52. The van der Waals surface area contributed by atoms with Crippen molar-refractivity contribution in [3.8, 4) is 11.5 Å². The second kappa shape index (κ2) is 3.98. The first kappa shape index (κ1) is 11.3. The van der Waals surface area contributed by atoms with Gasteiger partial charge in [-0.15, -0.1) is 0 Å². The third-order valence-corrected chi connectivity index (χ3v) is 3.32. The summed E-state index contributed by atoms with van der Waals surface area (Å²) < 4.78 is 11.9. The lowest BCUT2D eigenvalue weighted by Crippen LogP contribution is -2.50. The molecule has 2 N–H and O–H groups in total. The van der Waals surface area contributed by atoms with E-state index in [-0.39, 0.29) is 5.60 Å². The number of hydrogen-bond acceptors (Lipinski definition) is 3. The van der Waals surface area contributed by atoms with E-state index in [0.717, 1.165) is 29.0 Å². The Bertz CT molecular complexity index is 397.